The van der Waals surface area contributed by atoms with Crippen LogP contribution in [0.4, 0.5) is 8.78 Å². The van der Waals surface area contributed by atoms with E-state index in [0.717, 1.165) is 12.1 Å². The molecule has 0 saturated carbocycles. The number of hydrogen-bond acceptors (Lipinski definition) is 3. The number of methoxy groups -OCH3 is 1. The van der Waals surface area contributed by atoms with Crippen molar-refractivity contribution < 1.29 is 18.3 Å². The molecule has 1 aromatic rings. The third kappa shape index (κ3) is 2.86. The molecule has 0 aliphatic heterocycles. The average Bonchev–Trinajstić information content (AvgIpc) is 2.22. The number of ether oxygens (including phenoxy) is 1. The molecule has 0 spiro atoms. The Hall–Kier alpha value is -1.74. The van der Waals surface area contributed by atoms with Crippen molar-refractivity contribution in [3.63, 3.8) is 0 Å². The first kappa shape index (κ1) is 11.3. The van der Waals surface area contributed by atoms with Gasteiger partial charge in [-0.2, -0.15) is 0 Å². The summed E-state index contributed by atoms with van der Waals surface area (Å²) in [4.78, 5) is 13.0. The Morgan fingerprint density at radius 1 is 1.40 bits per heavy atom. The molecular formula is C10H9F2NO2. The molecule has 0 radical (unpaired) electrons. The smallest absolute Gasteiger partial charge is 0.234 e. The third-order valence-electron chi connectivity index (χ3n) is 1.89. The summed E-state index contributed by atoms with van der Waals surface area (Å²) in [6, 6.07) is 2.17. The summed E-state index contributed by atoms with van der Waals surface area (Å²) in [5, 5.41) is 0. The molecule has 0 fully saturated rings. The highest BCUT2D eigenvalue weighted by Gasteiger charge is 2.10. The van der Waals surface area contributed by atoms with E-state index in [-0.39, 0.29) is 24.3 Å². The van der Waals surface area contributed by atoms with Crippen molar-refractivity contribution in [3.8, 4) is 5.75 Å². The van der Waals surface area contributed by atoms with Crippen LogP contribution >= 0.6 is 0 Å². The van der Waals surface area contributed by atoms with Gasteiger partial charge in [-0.05, 0) is 6.42 Å². The van der Waals surface area contributed by atoms with Gasteiger partial charge in [0.25, 0.3) is 0 Å². The van der Waals surface area contributed by atoms with Gasteiger partial charge in [-0.1, -0.05) is 0 Å². The monoisotopic (exact) mass is 213 g/mol. The van der Waals surface area contributed by atoms with Crippen LogP contribution in [0.25, 0.3) is 0 Å². The third-order valence-corrected chi connectivity index (χ3v) is 1.89. The topological polar surface area (TPSA) is 38.7 Å². The quantitative estimate of drug-likeness (QED) is 0.565. The molecule has 0 unspecified atom stereocenters. The minimum atomic E-state index is -0.701. The zero-order valence-corrected chi connectivity index (χ0v) is 8.09. The molecule has 0 aromatic heterocycles. The van der Waals surface area contributed by atoms with E-state index in [2.05, 4.69) is 4.99 Å². The zero-order valence-electron chi connectivity index (χ0n) is 8.09. The van der Waals surface area contributed by atoms with E-state index in [1.807, 2.05) is 0 Å². The molecule has 1 rings (SSSR count). The summed E-state index contributed by atoms with van der Waals surface area (Å²) in [5.41, 5.74) is -0.102. The second kappa shape index (κ2) is 5.22. The van der Waals surface area contributed by atoms with Gasteiger partial charge in [-0.15, -0.1) is 0 Å². The Kier molecular flexibility index (Phi) is 3.94. The van der Waals surface area contributed by atoms with Crippen molar-refractivity contribution in [2.45, 2.75) is 6.42 Å². The van der Waals surface area contributed by atoms with Crippen LogP contribution in [0, 0.1) is 11.6 Å². The van der Waals surface area contributed by atoms with Gasteiger partial charge in [0.1, 0.15) is 17.4 Å². The van der Waals surface area contributed by atoms with Crippen LogP contribution < -0.4 is 4.74 Å². The molecule has 0 bridgehead atoms. The maximum absolute atomic E-state index is 13.3. The molecule has 0 saturated heterocycles. The van der Waals surface area contributed by atoms with Gasteiger partial charge in [0.2, 0.25) is 6.08 Å². The van der Waals surface area contributed by atoms with Gasteiger partial charge in [0.05, 0.1) is 13.7 Å². The summed E-state index contributed by atoms with van der Waals surface area (Å²) in [6.07, 6.45) is 1.33. The number of rotatable bonds is 4. The zero-order chi connectivity index (χ0) is 11.3. The van der Waals surface area contributed by atoms with Gasteiger partial charge in [0, 0.05) is 17.7 Å². The summed E-state index contributed by atoms with van der Waals surface area (Å²) in [6.45, 7) is 0.0175. The van der Waals surface area contributed by atoms with Gasteiger partial charge in [-0.3, -0.25) is 0 Å². The summed E-state index contributed by atoms with van der Waals surface area (Å²) in [7, 11) is 1.32. The van der Waals surface area contributed by atoms with Crippen LogP contribution in [0.2, 0.25) is 0 Å². The molecular weight excluding hydrogens is 204 g/mol. The molecule has 0 aliphatic carbocycles. The highest BCUT2D eigenvalue weighted by Crippen LogP contribution is 2.20. The Balaban J connectivity index is 2.92. The largest absolute Gasteiger partial charge is 0.497 e. The SMILES string of the molecule is COc1cc(F)c(CCN=C=O)c(F)c1. The average molecular weight is 213 g/mol. The molecule has 1 aromatic carbocycles. The first-order chi connectivity index (χ1) is 7.19. The van der Waals surface area contributed by atoms with Crippen molar-refractivity contribution in [2.24, 2.45) is 4.99 Å². The Morgan fingerprint density at radius 3 is 2.47 bits per heavy atom. The van der Waals surface area contributed by atoms with E-state index in [4.69, 9.17) is 4.74 Å². The van der Waals surface area contributed by atoms with Gasteiger partial charge >= 0.3 is 0 Å². The van der Waals surface area contributed by atoms with Crippen LogP contribution in [0.1, 0.15) is 5.56 Å². The number of benzene rings is 1. The van der Waals surface area contributed by atoms with Crippen molar-refractivity contribution in [3.05, 3.63) is 29.3 Å². The summed E-state index contributed by atoms with van der Waals surface area (Å²) in [5.74, 6) is -1.28. The van der Waals surface area contributed by atoms with E-state index < -0.39 is 11.6 Å². The van der Waals surface area contributed by atoms with Crippen LogP contribution in [0.3, 0.4) is 0 Å². The number of isocyanates is 1. The lowest BCUT2D eigenvalue weighted by Gasteiger charge is -2.05. The molecule has 0 aliphatic rings. The predicted molar refractivity (Wildman–Crippen MR) is 49.6 cm³/mol. The first-order valence-corrected chi connectivity index (χ1v) is 4.24. The van der Waals surface area contributed by atoms with Gasteiger partial charge in [0.15, 0.2) is 0 Å². The summed E-state index contributed by atoms with van der Waals surface area (Å²) < 4.78 is 31.2. The van der Waals surface area contributed by atoms with Crippen molar-refractivity contribution in [2.75, 3.05) is 13.7 Å². The molecule has 0 heterocycles. The highest BCUT2D eigenvalue weighted by atomic mass is 19.1. The number of aliphatic imine (C=N–C) groups is 1. The van der Waals surface area contributed by atoms with E-state index in [1.54, 1.807) is 0 Å². The predicted octanol–water partition coefficient (Wildman–Crippen LogP) is 1.85. The van der Waals surface area contributed by atoms with E-state index in [0.29, 0.717) is 0 Å². The summed E-state index contributed by atoms with van der Waals surface area (Å²) >= 11 is 0. The minimum Gasteiger partial charge on any atom is -0.497 e. The number of nitrogens with zero attached hydrogens (tertiary/aromatic N) is 1. The fourth-order valence-corrected chi connectivity index (χ4v) is 1.15. The number of carbonyl (C=O) groups excluding carboxylic acids is 1. The van der Waals surface area contributed by atoms with Crippen LogP contribution in [0.5, 0.6) is 5.75 Å². The van der Waals surface area contributed by atoms with Crippen LogP contribution in [0.15, 0.2) is 17.1 Å². The molecule has 0 atom stereocenters. The molecule has 15 heavy (non-hydrogen) atoms. The van der Waals surface area contributed by atoms with Crippen molar-refractivity contribution >= 4 is 6.08 Å². The number of hydrogen-bond donors (Lipinski definition) is 0. The normalized spacial score (nSPS) is 9.53. The van der Waals surface area contributed by atoms with E-state index in [1.165, 1.54) is 13.2 Å². The lowest BCUT2D eigenvalue weighted by Crippen LogP contribution is -1.99. The van der Waals surface area contributed by atoms with E-state index in [9.17, 15) is 13.6 Å². The Morgan fingerprint density at radius 2 is 2.00 bits per heavy atom. The first-order valence-electron chi connectivity index (χ1n) is 4.24. The molecule has 0 N–H and O–H groups in total. The second-order valence-corrected chi connectivity index (χ2v) is 2.79. The van der Waals surface area contributed by atoms with Gasteiger partial charge in [-0.25, -0.2) is 18.6 Å². The van der Waals surface area contributed by atoms with E-state index >= 15 is 0 Å². The maximum Gasteiger partial charge on any atom is 0.234 e. The Labute approximate surface area is 85.4 Å². The molecule has 0 amide bonds. The standard InChI is InChI=1S/C10H9F2NO2/c1-15-7-4-9(11)8(10(12)5-7)2-3-13-6-14/h4-5H,2-3H2,1H3. The van der Waals surface area contributed by atoms with Gasteiger partial charge < -0.3 is 4.74 Å². The molecule has 3 nitrogen and oxygen atoms in total. The minimum absolute atomic E-state index is 0.0175. The van der Waals surface area contributed by atoms with Crippen LogP contribution in [-0.2, 0) is 11.2 Å². The highest BCUT2D eigenvalue weighted by molar-refractivity contribution is 5.34. The van der Waals surface area contributed by atoms with Crippen LogP contribution in [-0.4, -0.2) is 19.7 Å². The Bertz CT molecular complexity index is 377. The fraction of sp³-hybridized carbons (Fsp3) is 0.300. The maximum atomic E-state index is 13.3. The molecule has 5 heteroatoms. The lowest BCUT2D eigenvalue weighted by atomic mass is 10.1. The van der Waals surface area contributed by atoms with Crippen molar-refractivity contribution in [1.82, 2.24) is 0 Å². The molecule has 80 valence electrons. The fourth-order valence-electron chi connectivity index (χ4n) is 1.15. The lowest BCUT2D eigenvalue weighted by molar-refractivity contribution is 0.405. The number of halogens is 2. The van der Waals surface area contributed by atoms with Crippen molar-refractivity contribution in [1.29, 1.82) is 0 Å². The second-order valence-electron chi connectivity index (χ2n) is 2.79.